The van der Waals surface area contributed by atoms with Gasteiger partial charge in [0.15, 0.2) is 18.3 Å². The zero-order valence-corrected chi connectivity index (χ0v) is 9.86. The molecule has 1 aliphatic heterocycles. The van der Waals surface area contributed by atoms with Crippen molar-refractivity contribution < 1.29 is 19.5 Å². The highest BCUT2D eigenvalue weighted by molar-refractivity contribution is 5.93. The van der Waals surface area contributed by atoms with Gasteiger partial charge in [-0.25, -0.2) is 9.69 Å². The summed E-state index contributed by atoms with van der Waals surface area (Å²) in [5.41, 5.74) is 0. The molecule has 0 spiro atoms. The van der Waals surface area contributed by atoms with Crippen LogP contribution in [0.1, 0.15) is 25.5 Å². The predicted molar refractivity (Wildman–Crippen MR) is 58.2 cm³/mol. The third-order valence-corrected chi connectivity index (χ3v) is 2.77. The van der Waals surface area contributed by atoms with Crippen LogP contribution in [-0.2, 0) is 0 Å². The average molecular weight is 241 g/mol. The Bertz CT molecular complexity index is 431. The van der Waals surface area contributed by atoms with Crippen molar-refractivity contribution in [2.24, 2.45) is 0 Å². The number of aromatic nitrogens is 1. The Morgan fingerprint density at radius 1 is 1.41 bits per heavy atom. The smallest absolute Gasteiger partial charge is 0.329 e. The van der Waals surface area contributed by atoms with Crippen LogP contribution in [-0.4, -0.2) is 45.8 Å². The number of anilines is 1. The third kappa shape index (κ3) is 1.77. The van der Waals surface area contributed by atoms with Crippen LogP contribution in [0.4, 0.5) is 10.6 Å². The number of hydrogen-bond donors (Lipinski definition) is 2. The number of urea groups is 1. The Balaban J connectivity index is 2.30. The third-order valence-electron chi connectivity index (χ3n) is 2.77. The molecular weight excluding hydrogens is 226 g/mol. The first-order chi connectivity index (χ1) is 7.93. The van der Waals surface area contributed by atoms with E-state index in [1.807, 2.05) is 13.8 Å². The Morgan fingerprint density at radius 2 is 2.06 bits per heavy atom. The van der Waals surface area contributed by atoms with Gasteiger partial charge in [-0.2, -0.15) is 0 Å². The van der Waals surface area contributed by atoms with Gasteiger partial charge in [-0.05, 0) is 0 Å². The highest BCUT2D eigenvalue weighted by Crippen LogP contribution is 2.27. The molecule has 2 amide bonds. The second kappa shape index (κ2) is 4.01. The summed E-state index contributed by atoms with van der Waals surface area (Å²) in [6.45, 7) is 3.85. The Labute approximate surface area is 98.2 Å². The van der Waals surface area contributed by atoms with Gasteiger partial charge in [-0.3, -0.25) is 4.90 Å². The Hall–Kier alpha value is -1.60. The summed E-state index contributed by atoms with van der Waals surface area (Å²) in [7, 11) is 1.40. The highest BCUT2D eigenvalue weighted by Gasteiger charge is 2.44. The van der Waals surface area contributed by atoms with Crippen molar-refractivity contribution in [1.82, 2.24) is 10.1 Å². The zero-order valence-electron chi connectivity index (χ0n) is 9.86. The molecule has 2 unspecified atom stereocenters. The van der Waals surface area contributed by atoms with E-state index in [-0.39, 0.29) is 11.7 Å². The molecule has 0 aliphatic carbocycles. The van der Waals surface area contributed by atoms with Crippen molar-refractivity contribution in [1.29, 1.82) is 0 Å². The molecule has 7 nitrogen and oxygen atoms in total. The fraction of sp³-hybridized carbons (Fsp3) is 0.600. The number of aliphatic hydroxyl groups is 2. The van der Waals surface area contributed by atoms with E-state index in [0.29, 0.717) is 5.76 Å². The van der Waals surface area contributed by atoms with E-state index in [2.05, 4.69) is 5.16 Å². The molecule has 0 aromatic carbocycles. The minimum atomic E-state index is -1.34. The summed E-state index contributed by atoms with van der Waals surface area (Å²) < 4.78 is 5.05. The predicted octanol–water partition coefficient (Wildman–Crippen LogP) is 0.307. The Kier molecular flexibility index (Phi) is 2.80. The van der Waals surface area contributed by atoms with Crippen molar-refractivity contribution in [2.75, 3.05) is 11.9 Å². The van der Waals surface area contributed by atoms with Crippen molar-refractivity contribution >= 4 is 11.8 Å². The molecule has 1 aromatic rings. The van der Waals surface area contributed by atoms with E-state index in [9.17, 15) is 15.0 Å². The maximum Gasteiger partial charge on any atom is 0.329 e. The van der Waals surface area contributed by atoms with E-state index >= 15 is 0 Å². The van der Waals surface area contributed by atoms with Gasteiger partial charge >= 0.3 is 6.03 Å². The fourth-order valence-electron chi connectivity index (χ4n) is 1.63. The summed E-state index contributed by atoms with van der Waals surface area (Å²) in [5, 5.41) is 23.0. The van der Waals surface area contributed by atoms with Crippen molar-refractivity contribution in [2.45, 2.75) is 32.2 Å². The lowest BCUT2D eigenvalue weighted by Gasteiger charge is -2.15. The lowest BCUT2D eigenvalue weighted by atomic mass is 10.1. The maximum absolute atomic E-state index is 11.8. The van der Waals surface area contributed by atoms with Crippen LogP contribution < -0.4 is 4.90 Å². The molecule has 1 aromatic heterocycles. The van der Waals surface area contributed by atoms with Gasteiger partial charge in [0.2, 0.25) is 0 Å². The summed E-state index contributed by atoms with van der Waals surface area (Å²) in [5.74, 6) is 0.951. The number of carbonyl (C=O) groups is 1. The number of rotatable bonds is 2. The van der Waals surface area contributed by atoms with Crippen molar-refractivity contribution in [3.8, 4) is 0 Å². The molecule has 1 fully saturated rings. The van der Waals surface area contributed by atoms with E-state index in [4.69, 9.17) is 4.52 Å². The molecule has 94 valence electrons. The SMILES string of the molecule is CC(C)c1cc(N2C(=O)N(C)C(O)C2O)no1. The highest BCUT2D eigenvalue weighted by atomic mass is 16.5. The van der Waals surface area contributed by atoms with Gasteiger partial charge in [0.05, 0.1) is 0 Å². The molecule has 1 saturated heterocycles. The Morgan fingerprint density at radius 3 is 2.47 bits per heavy atom. The number of likely N-dealkylation sites (N-methyl/N-ethyl adjacent to an activating group) is 1. The molecule has 0 radical (unpaired) electrons. The van der Waals surface area contributed by atoms with Gasteiger partial charge in [0.1, 0.15) is 5.76 Å². The second-order valence-corrected chi connectivity index (χ2v) is 4.33. The number of aliphatic hydroxyl groups excluding tert-OH is 2. The van der Waals surface area contributed by atoms with Crippen LogP contribution in [0.25, 0.3) is 0 Å². The van der Waals surface area contributed by atoms with Crippen LogP contribution in [0.3, 0.4) is 0 Å². The maximum atomic E-state index is 11.8. The van der Waals surface area contributed by atoms with Gasteiger partial charge < -0.3 is 14.7 Å². The average Bonchev–Trinajstić information content (AvgIpc) is 2.81. The lowest BCUT2D eigenvalue weighted by molar-refractivity contribution is -0.0184. The summed E-state index contributed by atoms with van der Waals surface area (Å²) in [4.78, 5) is 13.8. The number of nitrogens with zero attached hydrogens (tertiary/aromatic N) is 3. The first-order valence-electron chi connectivity index (χ1n) is 5.32. The summed E-state index contributed by atoms with van der Waals surface area (Å²) >= 11 is 0. The molecule has 7 heteroatoms. The van der Waals surface area contributed by atoms with Crippen LogP contribution in [0, 0.1) is 0 Å². The molecule has 17 heavy (non-hydrogen) atoms. The standard InChI is InChI=1S/C10H15N3O4/c1-5(2)6-4-7(11-17-6)13-9(15)8(14)12(3)10(13)16/h4-5,8-9,14-15H,1-3H3. The molecule has 2 rings (SSSR count). The quantitative estimate of drug-likeness (QED) is 0.777. The van der Waals surface area contributed by atoms with E-state index in [1.54, 1.807) is 6.07 Å². The number of hydrogen-bond acceptors (Lipinski definition) is 5. The van der Waals surface area contributed by atoms with Gasteiger partial charge in [-0.1, -0.05) is 19.0 Å². The molecule has 2 atom stereocenters. The minimum absolute atomic E-state index is 0.133. The van der Waals surface area contributed by atoms with E-state index in [1.165, 1.54) is 7.05 Å². The monoisotopic (exact) mass is 241 g/mol. The van der Waals surface area contributed by atoms with Crippen molar-refractivity contribution in [3.63, 3.8) is 0 Å². The minimum Gasteiger partial charge on any atom is -0.369 e. The largest absolute Gasteiger partial charge is 0.369 e. The first-order valence-corrected chi connectivity index (χ1v) is 5.32. The van der Waals surface area contributed by atoms with E-state index in [0.717, 1.165) is 9.80 Å². The van der Waals surface area contributed by atoms with Gasteiger partial charge in [0, 0.05) is 19.0 Å². The van der Waals surface area contributed by atoms with Gasteiger partial charge in [0.25, 0.3) is 0 Å². The molecule has 2 N–H and O–H groups in total. The first kappa shape index (κ1) is 11.9. The number of carbonyl (C=O) groups excluding carboxylic acids is 1. The van der Waals surface area contributed by atoms with Crippen LogP contribution in [0.5, 0.6) is 0 Å². The van der Waals surface area contributed by atoms with Crippen LogP contribution in [0.2, 0.25) is 0 Å². The van der Waals surface area contributed by atoms with Crippen LogP contribution in [0.15, 0.2) is 10.6 Å². The molecular formula is C10H15N3O4. The van der Waals surface area contributed by atoms with Crippen LogP contribution >= 0.6 is 0 Å². The van der Waals surface area contributed by atoms with E-state index < -0.39 is 18.5 Å². The molecule has 1 aliphatic rings. The summed E-state index contributed by atoms with van der Waals surface area (Å²) in [6, 6.07) is 1.06. The number of amides is 2. The second-order valence-electron chi connectivity index (χ2n) is 4.33. The normalized spacial score (nSPS) is 25.2. The lowest BCUT2D eigenvalue weighted by Crippen LogP contribution is -2.36. The fourth-order valence-corrected chi connectivity index (χ4v) is 1.63. The van der Waals surface area contributed by atoms with Crippen molar-refractivity contribution in [3.05, 3.63) is 11.8 Å². The van der Waals surface area contributed by atoms with Gasteiger partial charge in [-0.15, -0.1) is 0 Å². The molecule has 0 bridgehead atoms. The zero-order chi connectivity index (χ0) is 12.7. The summed E-state index contributed by atoms with van der Waals surface area (Å²) in [6.07, 6.45) is -2.60. The molecule has 2 heterocycles. The molecule has 0 saturated carbocycles. The topological polar surface area (TPSA) is 90.0 Å².